The number of benzene rings is 1. The van der Waals surface area contributed by atoms with Crippen molar-refractivity contribution in [3.05, 3.63) is 39.9 Å². The van der Waals surface area contributed by atoms with Crippen molar-refractivity contribution in [2.75, 3.05) is 0 Å². The Morgan fingerprint density at radius 2 is 1.94 bits per heavy atom. The second-order valence-corrected chi connectivity index (χ2v) is 4.86. The quantitative estimate of drug-likeness (QED) is 0.604. The molecule has 2 rings (SSSR count). The van der Waals surface area contributed by atoms with E-state index in [1.807, 2.05) is 13.8 Å². The van der Waals surface area contributed by atoms with Gasteiger partial charge in [0.25, 0.3) is 5.69 Å². The van der Waals surface area contributed by atoms with Crippen molar-refractivity contribution in [2.24, 2.45) is 5.41 Å². The summed E-state index contributed by atoms with van der Waals surface area (Å²) in [5.74, 6) is 0.247. The molecule has 0 aliphatic heterocycles. The van der Waals surface area contributed by atoms with Gasteiger partial charge in [0.1, 0.15) is 5.78 Å². The van der Waals surface area contributed by atoms with Gasteiger partial charge in [0.2, 0.25) is 0 Å². The number of hydrogen-bond donors (Lipinski definition) is 0. The van der Waals surface area contributed by atoms with Crippen LogP contribution in [-0.2, 0) is 4.79 Å². The molecule has 0 radical (unpaired) electrons. The highest BCUT2D eigenvalue weighted by Crippen LogP contribution is 2.55. The van der Waals surface area contributed by atoms with Gasteiger partial charge in [-0.25, -0.2) is 0 Å². The van der Waals surface area contributed by atoms with E-state index in [9.17, 15) is 14.9 Å². The lowest BCUT2D eigenvalue weighted by atomic mass is 9.54. The van der Waals surface area contributed by atoms with Gasteiger partial charge in [-0.3, -0.25) is 14.9 Å². The standard InChI is InChI=1S/C14H17NO3/c1-3-14(4-2)11(9-13(14)16)10-7-5-6-8-12(10)15(17)18/h5-8,11H,3-4,9H2,1-2H3. The van der Waals surface area contributed by atoms with Crippen LogP contribution in [-0.4, -0.2) is 10.7 Å². The molecule has 0 spiro atoms. The summed E-state index contributed by atoms with van der Waals surface area (Å²) in [6.45, 7) is 3.98. The Morgan fingerprint density at radius 3 is 2.44 bits per heavy atom. The number of ketones is 1. The fraction of sp³-hybridized carbons (Fsp3) is 0.500. The number of rotatable bonds is 4. The van der Waals surface area contributed by atoms with E-state index in [2.05, 4.69) is 0 Å². The van der Waals surface area contributed by atoms with Crippen LogP contribution >= 0.6 is 0 Å². The van der Waals surface area contributed by atoms with Crippen LogP contribution < -0.4 is 0 Å². The zero-order valence-corrected chi connectivity index (χ0v) is 10.7. The Morgan fingerprint density at radius 1 is 1.33 bits per heavy atom. The van der Waals surface area contributed by atoms with Crippen LogP contribution in [0.1, 0.15) is 44.6 Å². The Balaban J connectivity index is 2.45. The molecule has 1 aromatic rings. The summed E-state index contributed by atoms with van der Waals surface area (Å²) in [5.41, 5.74) is 0.471. The number of Topliss-reactive ketones (excluding diaryl/α,β-unsaturated/α-hetero) is 1. The fourth-order valence-corrected chi connectivity index (χ4v) is 3.14. The number of hydrogen-bond acceptors (Lipinski definition) is 3. The van der Waals surface area contributed by atoms with Crippen molar-refractivity contribution in [2.45, 2.75) is 39.0 Å². The largest absolute Gasteiger partial charge is 0.299 e. The fourth-order valence-electron chi connectivity index (χ4n) is 3.14. The first-order valence-corrected chi connectivity index (χ1v) is 6.33. The zero-order valence-electron chi connectivity index (χ0n) is 10.7. The molecule has 96 valence electrons. The van der Waals surface area contributed by atoms with Crippen LogP contribution in [0.5, 0.6) is 0 Å². The van der Waals surface area contributed by atoms with Crippen molar-refractivity contribution in [3.8, 4) is 0 Å². The number of nitro groups is 1. The lowest BCUT2D eigenvalue weighted by molar-refractivity contribution is -0.386. The normalized spacial score (nSPS) is 21.4. The predicted molar refractivity (Wildman–Crippen MR) is 68.5 cm³/mol. The zero-order chi connectivity index (χ0) is 13.3. The second-order valence-electron chi connectivity index (χ2n) is 4.86. The molecule has 0 saturated heterocycles. The highest BCUT2D eigenvalue weighted by atomic mass is 16.6. The molecular formula is C14H17NO3. The van der Waals surface area contributed by atoms with Gasteiger partial charge < -0.3 is 0 Å². The maximum Gasteiger partial charge on any atom is 0.272 e. The van der Waals surface area contributed by atoms with E-state index in [4.69, 9.17) is 0 Å². The smallest absolute Gasteiger partial charge is 0.272 e. The van der Waals surface area contributed by atoms with Crippen molar-refractivity contribution in [3.63, 3.8) is 0 Å². The Labute approximate surface area is 106 Å². The van der Waals surface area contributed by atoms with E-state index in [1.54, 1.807) is 18.2 Å². The van der Waals surface area contributed by atoms with Crippen LogP contribution in [0.25, 0.3) is 0 Å². The first-order chi connectivity index (χ1) is 8.56. The summed E-state index contributed by atoms with van der Waals surface area (Å²) in [6, 6.07) is 6.78. The Kier molecular flexibility index (Phi) is 3.20. The summed E-state index contributed by atoms with van der Waals surface area (Å²) < 4.78 is 0. The van der Waals surface area contributed by atoms with E-state index in [1.165, 1.54) is 6.07 Å². The predicted octanol–water partition coefficient (Wildman–Crippen LogP) is 3.46. The third-order valence-corrected chi connectivity index (χ3v) is 4.38. The molecule has 0 N–H and O–H groups in total. The molecule has 18 heavy (non-hydrogen) atoms. The summed E-state index contributed by atoms with van der Waals surface area (Å²) in [6.07, 6.45) is 1.94. The van der Waals surface area contributed by atoms with Gasteiger partial charge in [-0.2, -0.15) is 0 Å². The molecule has 1 aliphatic carbocycles. The van der Waals surface area contributed by atoms with E-state index >= 15 is 0 Å². The summed E-state index contributed by atoms with van der Waals surface area (Å²) in [5, 5.41) is 11.1. The van der Waals surface area contributed by atoms with Gasteiger partial charge in [0, 0.05) is 29.4 Å². The average molecular weight is 247 g/mol. The maximum atomic E-state index is 11.9. The van der Waals surface area contributed by atoms with Gasteiger partial charge >= 0.3 is 0 Å². The van der Waals surface area contributed by atoms with E-state index < -0.39 is 0 Å². The van der Waals surface area contributed by atoms with Crippen molar-refractivity contribution < 1.29 is 9.72 Å². The number of carbonyl (C=O) groups excluding carboxylic acids is 1. The van der Waals surface area contributed by atoms with Crippen molar-refractivity contribution in [1.29, 1.82) is 0 Å². The molecule has 1 fully saturated rings. The van der Waals surface area contributed by atoms with Gasteiger partial charge in [-0.05, 0) is 12.8 Å². The number of nitrogens with zero attached hydrogens (tertiary/aromatic N) is 1. The van der Waals surface area contributed by atoms with Gasteiger partial charge in [-0.1, -0.05) is 32.0 Å². The molecule has 0 bridgehead atoms. The van der Waals surface area contributed by atoms with Crippen molar-refractivity contribution >= 4 is 11.5 Å². The maximum absolute atomic E-state index is 11.9. The Hall–Kier alpha value is -1.71. The lowest BCUT2D eigenvalue weighted by Crippen LogP contribution is -2.47. The summed E-state index contributed by atoms with van der Waals surface area (Å²) in [4.78, 5) is 22.6. The van der Waals surface area contributed by atoms with Crippen LogP contribution in [0.15, 0.2) is 24.3 Å². The molecule has 0 heterocycles. The minimum Gasteiger partial charge on any atom is -0.299 e. The minimum atomic E-state index is -0.383. The minimum absolute atomic E-state index is 0.00148. The highest BCUT2D eigenvalue weighted by Gasteiger charge is 2.53. The topological polar surface area (TPSA) is 60.2 Å². The van der Waals surface area contributed by atoms with E-state index in [-0.39, 0.29) is 27.7 Å². The third kappa shape index (κ3) is 1.64. The summed E-state index contributed by atoms with van der Waals surface area (Å²) >= 11 is 0. The first kappa shape index (κ1) is 12.7. The molecule has 4 nitrogen and oxygen atoms in total. The molecule has 1 aliphatic rings. The van der Waals surface area contributed by atoms with Crippen molar-refractivity contribution in [1.82, 2.24) is 0 Å². The van der Waals surface area contributed by atoms with Gasteiger partial charge in [-0.15, -0.1) is 0 Å². The lowest BCUT2D eigenvalue weighted by Gasteiger charge is -2.47. The Bertz CT molecular complexity index is 492. The van der Waals surface area contributed by atoms with Crippen LogP contribution in [0, 0.1) is 15.5 Å². The number of para-hydroxylation sites is 1. The average Bonchev–Trinajstić information content (AvgIpc) is 2.37. The molecular weight excluding hydrogens is 230 g/mol. The second kappa shape index (κ2) is 4.52. The molecule has 0 aromatic heterocycles. The molecule has 1 saturated carbocycles. The van der Waals surface area contributed by atoms with Gasteiger partial charge in [0.15, 0.2) is 0 Å². The molecule has 1 atom stereocenters. The number of carbonyl (C=O) groups is 1. The van der Waals surface area contributed by atoms with Gasteiger partial charge in [0.05, 0.1) is 4.92 Å². The molecule has 1 aromatic carbocycles. The first-order valence-electron chi connectivity index (χ1n) is 6.33. The summed E-state index contributed by atoms with van der Waals surface area (Å²) in [7, 11) is 0. The van der Waals surface area contributed by atoms with E-state index in [0.29, 0.717) is 12.0 Å². The van der Waals surface area contributed by atoms with Crippen LogP contribution in [0.4, 0.5) is 5.69 Å². The van der Waals surface area contributed by atoms with Crippen LogP contribution in [0.2, 0.25) is 0 Å². The highest BCUT2D eigenvalue weighted by molar-refractivity contribution is 5.93. The molecule has 4 heteroatoms. The SMILES string of the molecule is CCC1(CC)C(=O)CC1c1ccccc1[N+](=O)[O-]. The monoisotopic (exact) mass is 247 g/mol. The molecule has 1 unspecified atom stereocenters. The number of nitro benzene ring substituents is 1. The third-order valence-electron chi connectivity index (χ3n) is 4.38. The van der Waals surface area contributed by atoms with Crippen LogP contribution in [0.3, 0.4) is 0 Å². The molecule has 0 amide bonds. The van der Waals surface area contributed by atoms with E-state index in [0.717, 1.165) is 12.8 Å².